The van der Waals surface area contributed by atoms with E-state index < -0.39 is 0 Å². The van der Waals surface area contributed by atoms with Gasteiger partial charge >= 0.3 is 0 Å². The molecule has 6 heteroatoms. The molecule has 0 aliphatic carbocycles. The summed E-state index contributed by atoms with van der Waals surface area (Å²) < 4.78 is 0. The first-order valence-electron chi connectivity index (χ1n) is 9.17. The first-order valence-corrected chi connectivity index (χ1v) is 9.17. The Morgan fingerprint density at radius 3 is 2.71 bits per heavy atom. The first-order chi connectivity index (χ1) is 13.6. The van der Waals surface area contributed by atoms with E-state index in [4.69, 9.17) is 5.26 Å². The van der Waals surface area contributed by atoms with E-state index in [1.165, 1.54) is 5.56 Å². The van der Waals surface area contributed by atoms with Crippen LogP contribution in [0.2, 0.25) is 0 Å². The van der Waals surface area contributed by atoms with Crippen molar-refractivity contribution in [2.24, 2.45) is 0 Å². The standard InChI is InChI=1S/C22H19N5O/c1-15-13-19(21(28)27-12-4-6-17-5-2-3-7-20(17)27)26-22(24-15)25-18-10-8-16(14-23)9-11-18/h2-3,5,7-11,13H,4,6,12H2,1H3,(H,24,25,26). The Hall–Kier alpha value is -3.72. The van der Waals surface area contributed by atoms with Crippen molar-refractivity contribution in [3.8, 4) is 6.07 Å². The molecule has 0 atom stereocenters. The summed E-state index contributed by atoms with van der Waals surface area (Å²) in [5, 5.41) is 12.0. The molecule has 2 aromatic carbocycles. The number of nitrogens with one attached hydrogen (secondary N) is 1. The second-order valence-corrected chi connectivity index (χ2v) is 6.72. The van der Waals surface area contributed by atoms with Crippen LogP contribution in [0.5, 0.6) is 0 Å². The summed E-state index contributed by atoms with van der Waals surface area (Å²) >= 11 is 0. The van der Waals surface area contributed by atoms with Crippen molar-refractivity contribution in [1.29, 1.82) is 5.26 Å². The Balaban J connectivity index is 1.62. The van der Waals surface area contributed by atoms with E-state index in [2.05, 4.69) is 27.4 Å². The van der Waals surface area contributed by atoms with E-state index in [0.29, 0.717) is 29.4 Å². The molecule has 1 aliphatic heterocycles. The third-order valence-electron chi connectivity index (χ3n) is 4.70. The summed E-state index contributed by atoms with van der Waals surface area (Å²) in [4.78, 5) is 23.8. The number of anilines is 3. The van der Waals surface area contributed by atoms with Gasteiger partial charge in [0.15, 0.2) is 0 Å². The molecule has 6 nitrogen and oxygen atoms in total. The average Bonchev–Trinajstić information content (AvgIpc) is 2.73. The van der Waals surface area contributed by atoms with E-state index in [9.17, 15) is 4.79 Å². The first kappa shape index (κ1) is 17.7. The molecule has 0 saturated heterocycles. The van der Waals surface area contributed by atoms with Gasteiger partial charge in [-0.05, 0) is 61.7 Å². The van der Waals surface area contributed by atoms with Crippen LogP contribution in [0.1, 0.15) is 33.7 Å². The van der Waals surface area contributed by atoms with Crippen LogP contribution in [-0.2, 0) is 6.42 Å². The highest BCUT2D eigenvalue weighted by Crippen LogP contribution is 2.28. The number of fused-ring (bicyclic) bond motifs is 1. The minimum Gasteiger partial charge on any atom is -0.324 e. The zero-order valence-electron chi connectivity index (χ0n) is 15.5. The quantitative estimate of drug-likeness (QED) is 0.755. The molecule has 1 amide bonds. The molecule has 2 heterocycles. The van der Waals surface area contributed by atoms with Crippen molar-refractivity contribution in [3.63, 3.8) is 0 Å². The van der Waals surface area contributed by atoms with Crippen LogP contribution in [0.25, 0.3) is 0 Å². The predicted molar refractivity (Wildman–Crippen MR) is 108 cm³/mol. The van der Waals surface area contributed by atoms with E-state index in [0.717, 1.165) is 24.2 Å². The lowest BCUT2D eigenvalue weighted by molar-refractivity contribution is 0.0980. The van der Waals surface area contributed by atoms with Crippen LogP contribution in [0.3, 0.4) is 0 Å². The number of amides is 1. The molecule has 0 saturated carbocycles. The Labute approximate surface area is 163 Å². The molecule has 4 rings (SSSR count). The number of nitriles is 1. The Bertz CT molecular complexity index is 1070. The molecule has 0 radical (unpaired) electrons. The van der Waals surface area contributed by atoms with Crippen LogP contribution >= 0.6 is 0 Å². The van der Waals surface area contributed by atoms with Gasteiger partial charge in [0.25, 0.3) is 5.91 Å². The average molecular weight is 369 g/mol. The van der Waals surface area contributed by atoms with E-state index in [-0.39, 0.29) is 5.91 Å². The monoisotopic (exact) mass is 369 g/mol. The predicted octanol–water partition coefficient (Wildman–Crippen LogP) is 3.99. The van der Waals surface area contributed by atoms with Crippen molar-refractivity contribution in [3.05, 3.63) is 77.1 Å². The van der Waals surface area contributed by atoms with Gasteiger partial charge < -0.3 is 10.2 Å². The maximum Gasteiger partial charge on any atom is 0.277 e. The summed E-state index contributed by atoms with van der Waals surface area (Å²) in [7, 11) is 0. The normalized spacial score (nSPS) is 12.8. The summed E-state index contributed by atoms with van der Waals surface area (Å²) in [5.74, 6) is 0.235. The molecule has 1 N–H and O–H groups in total. The van der Waals surface area contributed by atoms with E-state index in [1.807, 2.05) is 25.1 Å². The molecule has 28 heavy (non-hydrogen) atoms. The van der Waals surface area contributed by atoms with Crippen molar-refractivity contribution in [1.82, 2.24) is 9.97 Å². The zero-order valence-corrected chi connectivity index (χ0v) is 15.5. The van der Waals surface area contributed by atoms with Crippen molar-refractivity contribution in [2.75, 3.05) is 16.8 Å². The number of rotatable bonds is 3. The second-order valence-electron chi connectivity index (χ2n) is 6.72. The highest BCUT2D eigenvalue weighted by Gasteiger charge is 2.24. The lowest BCUT2D eigenvalue weighted by Gasteiger charge is -2.29. The van der Waals surface area contributed by atoms with Crippen LogP contribution in [0, 0.1) is 18.3 Å². The molecule has 0 fully saturated rings. The fourth-order valence-corrected chi connectivity index (χ4v) is 3.37. The molecular formula is C22H19N5O. The summed E-state index contributed by atoms with van der Waals surface area (Å²) in [6, 6.07) is 18.8. The van der Waals surface area contributed by atoms with Crippen molar-refractivity contribution >= 4 is 23.2 Å². The third kappa shape index (κ3) is 3.55. The molecule has 0 bridgehead atoms. The molecular weight excluding hydrogens is 350 g/mol. The smallest absolute Gasteiger partial charge is 0.277 e. The molecule has 0 unspecified atom stereocenters. The molecule has 3 aromatic rings. The molecule has 138 valence electrons. The van der Waals surface area contributed by atoms with Gasteiger partial charge in [0, 0.05) is 23.6 Å². The minimum absolute atomic E-state index is 0.125. The highest BCUT2D eigenvalue weighted by atomic mass is 16.2. The van der Waals surface area contributed by atoms with E-state index in [1.54, 1.807) is 35.2 Å². The largest absolute Gasteiger partial charge is 0.324 e. The highest BCUT2D eigenvalue weighted by molar-refractivity contribution is 6.05. The summed E-state index contributed by atoms with van der Waals surface area (Å²) in [5.41, 5.74) is 4.54. The van der Waals surface area contributed by atoms with Crippen molar-refractivity contribution in [2.45, 2.75) is 19.8 Å². The van der Waals surface area contributed by atoms with Gasteiger partial charge in [-0.25, -0.2) is 9.97 Å². The molecule has 1 aromatic heterocycles. The van der Waals surface area contributed by atoms with Crippen LogP contribution in [0.15, 0.2) is 54.6 Å². The van der Waals surface area contributed by atoms with Crippen LogP contribution < -0.4 is 10.2 Å². The zero-order chi connectivity index (χ0) is 19.5. The van der Waals surface area contributed by atoms with Gasteiger partial charge in [-0.15, -0.1) is 0 Å². The van der Waals surface area contributed by atoms with Gasteiger partial charge in [0.1, 0.15) is 5.69 Å². The van der Waals surface area contributed by atoms with Gasteiger partial charge in [-0.3, -0.25) is 4.79 Å². The van der Waals surface area contributed by atoms with Gasteiger partial charge in [0.05, 0.1) is 11.6 Å². The lowest BCUT2D eigenvalue weighted by Crippen LogP contribution is -2.36. The number of hydrogen-bond acceptors (Lipinski definition) is 5. The van der Waals surface area contributed by atoms with Gasteiger partial charge in [-0.2, -0.15) is 5.26 Å². The van der Waals surface area contributed by atoms with Crippen LogP contribution in [0.4, 0.5) is 17.3 Å². The Kier molecular flexibility index (Phi) is 4.73. The van der Waals surface area contributed by atoms with E-state index >= 15 is 0 Å². The number of aryl methyl sites for hydroxylation is 2. The maximum atomic E-state index is 13.2. The number of hydrogen-bond donors (Lipinski definition) is 1. The number of nitrogens with zero attached hydrogens (tertiary/aromatic N) is 4. The molecule has 0 spiro atoms. The summed E-state index contributed by atoms with van der Waals surface area (Å²) in [6.07, 6.45) is 1.91. The lowest BCUT2D eigenvalue weighted by atomic mass is 10.0. The minimum atomic E-state index is -0.125. The third-order valence-corrected chi connectivity index (χ3v) is 4.70. The van der Waals surface area contributed by atoms with Gasteiger partial charge in [0.2, 0.25) is 5.95 Å². The Morgan fingerprint density at radius 1 is 1.14 bits per heavy atom. The van der Waals surface area contributed by atoms with Gasteiger partial charge in [-0.1, -0.05) is 18.2 Å². The number of benzene rings is 2. The SMILES string of the molecule is Cc1cc(C(=O)N2CCCc3ccccc32)nc(Nc2ccc(C#N)cc2)n1. The van der Waals surface area contributed by atoms with Crippen LogP contribution in [-0.4, -0.2) is 22.4 Å². The number of aromatic nitrogens is 2. The number of para-hydroxylation sites is 1. The Morgan fingerprint density at radius 2 is 1.93 bits per heavy atom. The molecule has 1 aliphatic rings. The second kappa shape index (κ2) is 7.49. The topological polar surface area (TPSA) is 81.9 Å². The number of carbonyl (C=O) groups excluding carboxylic acids is 1. The van der Waals surface area contributed by atoms with Crippen molar-refractivity contribution < 1.29 is 4.79 Å². The number of carbonyl (C=O) groups is 1. The maximum absolute atomic E-state index is 13.2. The summed E-state index contributed by atoms with van der Waals surface area (Å²) in [6.45, 7) is 2.52. The fraction of sp³-hybridized carbons (Fsp3) is 0.182. The fourth-order valence-electron chi connectivity index (χ4n) is 3.37.